The van der Waals surface area contributed by atoms with Crippen LogP contribution in [0.4, 0.5) is 10.1 Å². The zero-order chi connectivity index (χ0) is 24.4. The number of hydrogen-bond acceptors (Lipinski definition) is 6. The number of benzene rings is 3. The predicted molar refractivity (Wildman–Crippen MR) is 141 cm³/mol. The predicted octanol–water partition coefficient (Wildman–Crippen LogP) is 6.18. The molecule has 0 atom stereocenters. The van der Waals surface area contributed by atoms with Crippen molar-refractivity contribution < 1.29 is 23.6 Å². The molecule has 172 valence electrons. The van der Waals surface area contributed by atoms with Crippen molar-refractivity contribution in [2.24, 2.45) is 4.99 Å². The Bertz CT molecular complexity index is 1350. The van der Waals surface area contributed by atoms with Gasteiger partial charge in [0.15, 0.2) is 5.70 Å². The fourth-order valence-corrected chi connectivity index (χ4v) is 5.29. The smallest absolute Gasteiger partial charge is 0.363 e. The Morgan fingerprint density at radius 2 is 1.79 bits per heavy atom. The summed E-state index contributed by atoms with van der Waals surface area (Å²) in [7, 11) is 0. The van der Waals surface area contributed by atoms with Crippen LogP contribution in [0.5, 0.6) is 5.75 Å². The summed E-state index contributed by atoms with van der Waals surface area (Å²) in [4.78, 5) is 27.3. The quantitative estimate of drug-likeness (QED) is 0.102. The number of esters is 1. The third kappa shape index (κ3) is 5.43. The van der Waals surface area contributed by atoms with E-state index in [0.29, 0.717) is 16.9 Å². The molecule has 0 amide bonds. The molecule has 1 aliphatic heterocycles. The van der Waals surface area contributed by atoms with Gasteiger partial charge >= 0.3 is 5.97 Å². The van der Waals surface area contributed by atoms with Gasteiger partial charge in [0.05, 0.1) is 12.1 Å². The SMILES string of the molecule is Cc1ccc(C2=N/C(=C\c3cc(I)c(OCc4ccc(F)cc4)c(I)c3)C(=O)O2)cc1[N+](=O)[O-]. The van der Waals surface area contributed by atoms with Crippen LogP contribution >= 0.6 is 45.2 Å². The van der Waals surface area contributed by atoms with E-state index >= 15 is 0 Å². The molecule has 0 saturated carbocycles. The second-order valence-electron chi connectivity index (χ2n) is 7.32. The molecule has 0 spiro atoms. The van der Waals surface area contributed by atoms with Gasteiger partial charge in [0.1, 0.15) is 18.2 Å². The van der Waals surface area contributed by atoms with Crippen LogP contribution in [0.2, 0.25) is 0 Å². The molecule has 0 unspecified atom stereocenters. The summed E-state index contributed by atoms with van der Waals surface area (Å²) in [5.74, 6) is -0.247. The first-order valence-corrected chi connectivity index (χ1v) is 12.0. The number of hydrogen-bond donors (Lipinski definition) is 0. The number of aliphatic imine (C=N–C) groups is 1. The first kappa shape index (κ1) is 24.3. The summed E-state index contributed by atoms with van der Waals surface area (Å²) >= 11 is 4.29. The summed E-state index contributed by atoms with van der Waals surface area (Å²) in [5, 5.41) is 11.2. The third-order valence-corrected chi connectivity index (χ3v) is 6.50. The van der Waals surface area contributed by atoms with Gasteiger partial charge < -0.3 is 9.47 Å². The van der Waals surface area contributed by atoms with Gasteiger partial charge in [0.2, 0.25) is 5.90 Å². The monoisotopic (exact) mass is 684 g/mol. The molecule has 0 bridgehead atoms. The Morgan fingerprint density at radius 3 is 2.44 bits per heavy atom. The van der Waals surface area contributed by atoms with Gasteiger partial charge in [-0.05, 0) is 99.6 Å². The molecule has 3 aromatic carbocycles. The zero-order valence-electron chi connectivity index (χ0n) is 17.6. The Hall–Kier alpha value is -2.87. The summed E-state index contributed by atoms with van der Waals surface area (Å²) in [5.41, 5.74) is 2.42. The molecule has 0 fully saturated rings. The minimum atomic E-state index is -0.639. The molecular weight excluding hydrogens is 669 g/mol. The van der Waals surface area contributed by atoms with Crippen molar-refractivity contribution in [3.05, 3.63) is 106 Å². The Labute approximate surface area is 221 Å². The molecule has 0 aromatic heterocycles. The zero-order valence-corrected chi connectivity index (χ0v) is 21.9. The van der Waals surface area contributed by atoms with E-state index in [1.54, 1.807) is 37.3 Å². The molecular formula is C24H15FI2N2O5. The van der Waals surface area contributed by atoms with E-state index in [-0.39, 0.29) is 29.7 Å². The Morgan fingerprint density at radius 1 is 1.12 bits per heavy atom. The van der Waals surface area contributed by atoms with Crippen LogP contribution in [0.25, 0.3) is 6.08 Å². The standard InChI is InChI=1S/C24H15FI2N2O5/c1-13-2-5-16(11-21(13)29(31)32)23-28-20(24(30)34-23)10-15-8-18(26)22(19(27)9-15)33-12-14-3-6-17(25)7-4-14/h2-11H,12H2,1H3/b20-10-. The molecule has 1 heterocycles. The molecule has 7 nitrogen and oxygen atoms in total. The van der Waals surface area contributed by atoms with Crippen LogP contribution in [0.1, 0.15) is 22.3 Å². The van der Waals surface area contributed by atoms with E-state index in [1.807, 2.05) is 12.1 Å². The van der Waals surface area contributed by atoms with E-state index in [1.165, 1.54) is 18.2 Å². The number of nitro benzene ring substituents is 1. The maximum absolute atomic E-state index is 13.1. The number of nitro groups is 1. The highest BCUT2D eigenvalue weighted by atomic mass is 127. The van der Waals surface area contributed by atoms with Crippen molar-refractivity contribution in [3.8, 4) is 5.75 Å². The van der Waals surface area contributed by atoms with Crippen molar-refractivity contribution >= 4 is 68.8 Å². The van der Waals surface area contributed by atoms with Crippen molar-refractivity contribution in [1.82, 2.24) is 0 Å². The van der Waals surface area contributed by atoms with E-state index in [2.05, 4.69) is 50.2 Å². The van der Waals surface area contributed by atoms with Gasteiger partial charge in [-0.25, -0.2) is 14.2 Å². The van der Waals surface area contributed by atoms with E-state index in [0.717, 1.165) is 18.3 Å². The van der Waals surface area contributed by atoms with Crippen molar-refractivity contribution in [1.29, 1.82) is 0 Å². The van der Waals surface area contributed by atoms with Crippen LogP contribution in [0.15, 0.2) is 65.3 Å². The normalized spacial score (nSPS) is 14.2. The van der Waals surface area contributed by atoms with Crippen LogP contribution in [-0.4, -0.2) is 16.8 Å². The molecule has 0 N–H and O–H groups in total. The number of carbonyl (C=O) groups is 1. The minimum absolute atomic E-state index is 0.0167. The fourth-order valence-electron chi connectivity index (χ4n) is 3.17. The summed E-state index contributed by atoms with van der Waals surface area (Å²) in [6.07, 6.45) is 1.59. The molecule has 34 heavy (non-hydrogen) atoms. The van der Waals surface area contributed by atoms with Gasteiger partial charge in [-0.3, -0.25) is 10.1 Å². The van der Waals surface area contributed by atoms with Crippen LogP contribution in [0, 0.1) is 30.0 Å². The Kier molecular flexibility index (Phi) is 7.26. The van der Waals surface area contributed by atoms with Crippen LogP contribution in [0.3, 0.4) is 0 Å². The molecule has 0 saturated heterocycles. The molecule has 3 aromatic rings. The number of rotatable bonds is 6. The van der Waals surface area contributed by atoms with Gasteiger partial charge in [0, 0.05) is 17.2 Å². The number of nitrogens with zero attached hydrogens (tertiary/aromatic N) is 2. The van der Waals surface area contributed by atoms with Gasteiger partial charge in [-0.1, -0.05) is 18.2 Å². The molecule has 4 rings (SSSR count). The highest BCUT2D eigenvalue weighted by molar-refractivity contribution is 14.1. The lowest BCUT2D eigenvalue weighted by atomic mass is 10.1. The maximum atomic E-state index is 13.1. The lowest BCUT2D eigenvalue weighted by molar-refractivity contribution is -0.385. The van der Waals surface area contributed by atoms with E-state index in [4.69, 9.17) is 9.47 Å². The lowest BCUT2D eigenvalue weighted by Gasteiger charge is -2.11. The molecule has 1 aliphatic rings. The van der Waals surface area contributed by atoms with Gasteiger partial charge in [-0.15, -0.1) is 0 Å². The summed E-state index contributed by atoms with van der Waals surface area (Å²) in [6.45, 7) is 1.92. The molecule has 10 heteroatoms. The lowest BCUT2D eigenvalue weighted by Crippen LogP contribution is -2.06. The molecule has 0 radical (unpaired) electrons. The number of halogens is 3. The van der Waals surface area contributed by atoms with Gasteiger partial charge in [0.25, 0.3) is 5.69 Å². The number of cyclic esters (lactones) is 1. The van der Waals surface area contributed by atoms with Gasteiger partial charge in [-0.2, -0.15) is 0 Å². The Balaban J connectivity index is 1.57. The van der Waals surface area contributed by atoms with Crippen molar-refractivity contribution in [2.75, 3.05) is 0 Å². The van der Waals surface area contributed by atoms with Crippen molar-refractivity contribution in [2.45, 2.75) is 13.5 Å². The fraction of sp³-hybridized carbons (Fsp3) is 0.0833. The van der Waals surface area contributed by atoms with Crippen LogP contribution in [-0.2, 0) is 16.1 Å². The number of carbonyl (C=O) groups excluding carboxylic acids is 1. The summed E-state index contributed by atoms with van der Waals surface area (Å²) < 4.78 is 25.9. The average molecular weight is 684 g/mol. The van der Waals surface area contributed by atoms with Crippen LogP contribution < -0.4 is 4.74 Å². The molecule has 0 aliphatic carbocycles. The number of aryl methyl sites for hydroxylation is 1. The maximum Gasteiger partial charge on any atom is 0.363 e. The first-order chi connectivity index (χ1) is 16.2. The van der Waals surface area contributed by atoms with E-state index < -0.39 is 10.9 Å². The van der Waals surface area contributed by atoms with Crippen molar-refractivity contribution in [3.63, 3.8) is 0 Å². The average Bonchev–Trinajstić information content (AvgIpc) is 3.14. The first-order valence-electron chi connectivity index (χ1n) is 9.85. The second kappa shape index (κ2) is 10.2. The number of ether oxygens (including phenoxy) is 2. The third-order valence-electron chi connectivity index (χ3n) is 4.89. The largest absolute Gasteiger partial charge is 0.487 e. The highest BCUT2D eigenvalue weighted by Crippen LogP contribution is 2.31. The van der Waals surface area contributed by atoms with E-state index in [9.17, 15) is 19.3 Å². The topological polar surface area (TPSA) is 91.0 Å². The summed E-state index contributed by atoms with van der Waals surface area (Å²) in [6, 6.07) is 14.3. The highest BCUT2D eigenvalue weighted by Gasteiger charge is 2.26. The second-order valence-corrected chi connectivity index (χ2v) is 9.65. The minimum Gasteiger partial charge on any atom is -0.487 e.